The summed E-state index contributed by atoms with van der Waals surface area (Å²) in [4.78, 5) is 24.5. The van der Waals surface area contributed by atoms with Gasteiger partial charge in [-0.15, -0.1) is 0 Å². The van der Waals surface area contributed by atoms with Gasteiger partial charge in [0.25, 0.3) is 0 Å². The molecule has 0 aromatic carbocycles. The molecule has 0 aliphatic heterocycles. The Bertz CT molecular complexity index is 1210. The van der Waals surface area contributed by atoms with Crippen molar-refractivity contribution >= 4 is 11.9 Å². The number of allylic oxidation sites excluding steroid dienone is 5. The third-order valence-electron chi connectivity index (χ3n) is 15.6. The number of amides is 1. The summed E-state index contributed by atoms with van der Waals surface area (Å²) in [5, 5.41) is 23.1. The van der Waals surface area contributed by atoms with Crippen molar-refractivity contribution in [2.75, 3.05) is 13.2 Å². The monoisotopic (exact) mass is 1050 g/mol. The Morgan fingerprint density at radius 1 is 0.360 bits per heavy atom. The third-order valence-corrected chi connectivity index (χ3v) is 15.6. The zero-order valence-corrected chi connectivity index (χ0v) is 50.5. The smallest absolute Gasteiger partial charge is 0.305 e. The molecule has 1 amide bonds. The fourth-order valence-electron chi connectivity index (χ4n) is 10.4. The highest BCUT2D eigenvalue weighted by Gasteiger charge is 2.18. The van der Waals surface area contributed by atoms with Crippen LogP contribution >= 0.6 is 0 Å². The summed E-state index contributed by atoms with van der Waals surface area (Å²) < 4.78 is 5.50. The lowest BCUT2D eigenvalue weighted by Gasteiger charge is -2.20. The van der Waals surface area contributed by atoms with Crippen molar-refractivity contribution in [1.29, 1.82) is 0 Å². The minimum atomic E-state index is -0.844. The van der Waals surface area contributed by atoms with Crippen LogP contribution in [0.4, 0.5) is 0 Å². The number of unbranched alkanes of at least 4 members (excludes halogenated alkanes) is 48. The van der Waals surface area contributed by atoms with E-state index in [0.29, 0.717) is 19.4 Å². The van der Waals surface area contributed by atoms with Crippen LogP contribution in [0, 0.1) is 0 Å². The fraction of sp³-hybridized carbons (Fsp3) is 0.884. The largest absolute Gasteiger partial charge is 0.466 e. The summed E-state index contributed by atoms with van der Waals surface area (Å²) in [5.74, 6) is -0.0548. The lowest BCUT2D eigenvalue weighted by molar-refractivity contribution is -0.143. The van der Waals surface area contributed by atoms with Crippen molar-refractivity contribution in [3.8, 4) is 0 Å². The molecule has 0 radical (unpaired) electrons. The van der Waals surface area contributed by atoms with E-state index < -0.39 is 12.1 Å². The van der Waals surface area contributed by atoms with Crippen molar-refractivity contribution in [2.45, 2.75) is 379 Å². The van der Waals surface area contributed by atoms with Crippen LogP contribution in [-0.2, 0) is 14.3 Å². The van der Waals surface area contributed by atoms with Gasteiger partial charge in [-0.1, -0.05) is 307 Å². The first kappa shape index (κ1) is 73.1. The molecule has 0 spiro atoms. The molecule has 2 unspecified atom stereocenters. The van der Waals surface area contributed by atoms with Crippen LogP contribution in [0.2, 0.25) is 0 Å². The van der Waals surface area contributed by atoms with E-state index >= 15 is 0 Å². The van der Waals surface area contributed by atoms with Crippen molar-refractivity contribution in [3.05, 3.63) is 36.5 Å². The number of ether oxygens (including phenoxy) is 1. The Hall–Kier alpha value is -1.92. The molecule has 6 nitrogen and oxygen atoms in total. The van der Waals surface area contributed by atoms with Crippen LogP contribution in [0.25, 0.3) is 0 Å². The Labute approximate surface area is 468 Å². The van der Waals surface area contributed by atoms with Gasteiger partial charge in [-0.3, -0.25) is 9.59 Å². The predicted octanol–water partition coefficient (Wildman–Crippen LogP) is 21.5. The van der Waals surface area contributed by atoms with Crippen molar-refractivity contribution < 1.29 is 24.5 Å². The lowest BCUT2D eigenvalue weighted by atomic mass is 10.0. The molecule has 442 valence electrons. The average molecular weight is 1050 g/mol. The molecule has 0 rings (SSSR count). The van der Waals surface area contributed by atoms with Crippen molar-refractivity contribution in [2.24, 2.45) is 0 Å². The zero-order chi connectivity index (χ0) is 54.3. The number of hydrogen-bond acceptors (Lipinski definition) is 5. The highest BCUT2D eigenvalue weighted by molar-refractivity contribution is 5.76. The van der Waals surface area contributed by atoms with Crippen LogP contribution in [0.3, 0.4) is 0 Å². The number of carbonyl (C=O) groups is 2. The highest BCUT2D eigenvalue weighted by Crippen LogP contribution is 2.18. The zero-order valence-electron chi connectivity index (χ0n) is 50.5. The standard InChI is InChI=1S/C69H131NO5/c1-3-5-7-9-11-13-15-17-18-31-35-39-43-47-51-55-59-63-69(74)75-64-60-56-52-48-44-40-36-33-30-28-26-24-22-20-19-21-23-25-27-29-32-34-38-42-46-50-54-58-62-68(73)70-66(65-71)67(72)61-57-53-49-45-41-37-16-14-12-10-8-6-4-2/h17-20,57,61,66-67,71-72H,3-16,21-56,58-60,62-65H2,1-2H3,(H,70,73)/b18-17-,20-19-,61-57+. The molecule has 0 fully saturated rings. The first-order valence-corrected chi connectivity index (χ1v) is 33.8. The Balaban J connectivity index is 3.37. The molecule has 0 heterocycles. The number of aliphatic hydroxyl groups excluding tert-OH is 2. The molecule has 75 heavy (non-hydrogen) atoms. The van der Waals surface area contributed by atoms with Gasteiger partial charge in [0, 0.05) is 12.8 Å². The number of hydrogen-bond donors (Lipinski definition) is 3. The maximum atomic E-state index is 12.5. The van der Waals surface area contributed by atoms with E-state index in [0.717, 1.165) is 44.9 Å². The molecule has 0 aromatic heterocycles. The first-order valence-electron chi connectivity index (χ1n) is 33.8. The topological polar surface area (TPSA) is 95.9 Å². The van der Waals surface area contributed by atoms with Gasteiger partial charge in [-0.25, -0.2) is 0 Å². The minimum absolute atomic E-state index is 0.0123. The second-order valence-electron chi connectivity index (χ2n) is 23.1. The molecular weight excluding hydrogens is 923 g/mol. The van der Waals surface area contributed by atoms with E-state index in [9.17, 15) is 19.8 Å². The molecule has 0 aliphatic rings. The van der Waals surface area contributed by atoms with Crippen LogP contribution in [0.1, 0.15) is 367 Å². The van der Waals surface area contributed by atoms with Gasteiger partial charge in [0.05, 0.1) is 25.4 Å². The highest BCUT2D eigenvalue weighted by atomic mass is 16.5. The summed E-state index contributed by atoms with van der Waals surface area (Å²) in [6.07, 6.45) is 82.1. The molecular formula is C69H131NO5. The van der Waals surface area contributed by atoms with E-state index in [4.69, 9.17) is 4.74 Å². The van der Waals surface area contributed by atoms with Gasteiger partial charge < -0.3 is 20.3 Å². The molecule has 0 saturated heterocycles. The van der Waals surface area contributed by atoms with Crippen LogP contribution in [-0.4, -0.2) is 47.4 Å². The normalized spacial score (nSPS) is 12.7. The number of carbonyl (C=O) groups excluding carboxylic acids is 2. The molecule has 0 aliphatic carbocycles. The quantitative estimate of drug-likeness (QED) is 0.0320. The Kier molecular flexibility index (Phi) is 63.0. The number of esters is 1. The molecule has 0 bridgehead atoms. The maximum absolute atomic E-state index is 12.5. The predicted molar refractivity (Wildman–Crippen MR) is 329 cm³/mol. The van der Waals surface area contributed by atoms with E-state index in [2.05, 4.69) is 43.5 Å². The summed E-state index contributed by atoms with van der Waals surface area (Å²) >= 11 is 0. The lowest BCUT2D eigenvalue weighted by Crippen LogP contribution is -2.45. The van der Waals surface area contributed by atoms with E-state index in [1.165, 1.54) is 295 Å². The van der Waals surface area contributed by atoms with Crippen LogP contribution < -0.4 is 5.32 Å². The van der Waals surface area contributed by atoms with Crippen LogP contribution in [0.5, 0.6) is 0 Å². The molecule has 3 N–H and O–H groups in total. The summed E-state index contributed by atoms with van der Waals surface area (Å²) in [6.45, 7) is 4.91. The van der Waals surface area contributed by atoms with Crippen molar-refractivity contribution in [1.82, 2.24) is 5.32 Å². The molecule has 0 saturated carbocycles. The average Bonchev–Trinajstić information content (AvgIpc) is 3.41. The third kappa shape index (κ3) is 61.2. The van der Waals surface area contributed by atoms with Gasteiger partial charge in [-0.05, 0) is 83.5 Å². The molecule has 6 heteroatoms. The van der Waals surface area contributed by atoms with E-state index in [-0.39, 0.29) is 18.5 Å². The van der Waals surface area contributed by atoms with Crippen molar-refractivity contribution in [3.63, 3.8) is 0 Å². The summed E-state index contributed by atoms with van der Waals surface area (Å²) in [6, 6.07) is -0.627. The number of aliphatic hydroxyl groups is 2. The SMILES string of the molecule is CCCCCCCC/C=C\CCCCCCCCCC(=O)OCCCCCCCCCCCCCC/C=C\CCCCCCCCCCCCCCC(=O)NC(CO)C(O)/C=C/CCCCCCCCCCCCC. The maximum Gasteiger partial charge on any atom is 0.305 e. The Morgan fingerprint density at radius 3 is 0.947 bits per heavy atom. The Morgan fingerprint density at radius 2 is 0.627 bits per heavy atom. The second-order valence-corrected chi connectivity index (χ2v) is 23.1. The summed E-state index contributed by atoms with van der Waals surface area (Å²) in [5.41, 5.74) is 0. The number of nitrogens with one attached hydrogen (secondary N) is 1. The molecule has 2 atom stereocenters. The van der Waals surface area contributed by atoms with Crippen LogP contribution in [0.15, 0.2) is 36.5 Å². The minimum Gasteiger partial charge on any atom is -0.466 e. The number of rotatable bonds is 63. The first-order chi connectivity index (χ1) is 37.0. The van der Waals surface area contributed by atoms with Gasteiger partial charge in [0.1, 0.15) is 0 Å². The van der Waals surface area contributed by atoms with E-state index in [1.54, 1.807) is 6.08 Å². The van der Waals surface area contributed by atoms with E-state index in [1.807, 2.05) is 6.08 Å². The van der Waals surface area contributed by atoms with Gasteiger partial charge in [0.2, 0.25) is 5.91 Å². The second kappa shape index (κ2) is 64.6. The fourth-order valence-corrected chi connectivity index (χ4v) is 10.4. The summed E-state index contributed by atoms with van der Waals surface area (Å²) in [7, 11) is 0. The van der Waals surface area contributed by atoms with Gasteiger partial charge in [0.15, 0.2) is 0 Å². The van der Waals surface area contributed by atoms with Gasteiger partial charge in [-0.2, -0.15) is 0 Å². The molecule has 0 aromatic rings. The van der Waals surface area contributed by atoms with Gasteiger partial charge >= 0.3 is 5.97 Å².